The molecule has 1 heterocycles. The number of nitrogens with zero attached hydrogens (tertiary/aromatic N) is 1. The van der Waals surface area contributed by atoms with Crippen molar-refractivity contribution in [1.82, 2.24) is 10.2 Å². The summed E-state index contributed by atoms with van der Waals surface area (Å²) in [6.45, 7) is 13.8. The summed E-state index contributed by atoms with van der Waals surface area (Å²) in [7, 11) is 0. The Bertz CT molecular complexity index is 391. The van der Waals surface area contributed by atoms with Gasteiger partial charge in [0.25, 0.3) is 0 Å². The number of carbonyl (C=O) groups excluding carboxylic acids is 2. The van der Waals surface area contributed by atoms with Crippen LogP contribution < -0.4 is 5.32 Å². The zero-order valence-corrected chi connectivity index (χ0v) is 15.9. The zero-order valence-electron chi connectivity index (χ0n) is 15.9. The number of rotatable bonds is 6. The van der Waals surface area contributed by atoms with Crippen LogP contribution in [0.15, 0.2) is 0 Å². The Morgan fingerprint density at radius 2 is 1.65 bits per heavy atom. The van der Waals surface area contributed by atoms with Crippen LogP contribution in [-0.4, -0.2) is 35.8 Å². The van der Waals surface area contributed by atoms with E-state index in [0.717, 1.165) is 31.6 Å². The summed E-state index contributed by atoms with van der Waals surface area (Å²) >= 11 is 0. The summed E-state index contributed by atoms with van der Waals surface area (Å²) in [6.07, 6.45) is 5.00. The van der Waals surface area contributed by atoms with E-state index in [0.29, 0.717) is 13.1 Å². The minimum Gasteiger partial charge on any atom is -0.353 e. The Hall–Kier alpha value is -1.06. The summed E-state index contributed by atoms with van der Waals surface area (Å²) < 4.78 is 0. The molecule has 0 spiro atoms. The van der Waals surface area contributed by atoms with Gasteiger partial charge in [0.2, 0.25) is 11.8 Å². The standard InChI is InChI=1S/C19H36N2O2/c1-14(2)8-7-9-15(3)20-17(22)16-10-12-21(13-11-16)18(23)19(4,5)6/h14-16H,7-13H2,1-6H3,(H,20,22). The quantitative estimate of drug-likeness (QED) is 0.811. The monoisotopic (exact) mass is 324 g/mol. The highest BCUT2D eigenvalue weighted by Gasteiger charge is 2.32. The Morgan fingerprint density at radius 1 is 1.09 bits per heavy atom. The number of hydrogen-bond acceptors (Lipinski definition) is 2. The SMILES string of the molecule is CC(C)CCCC(C)NC(=O)C1CCN(C(=O)C(C)(C)C)CC1. The molecule has 1 aliphatic rings. The Morgan fingerprint density at radius 3 is 2.13 bits per heavy atom. The highest BCUT2D eigenvalue weighted by molar-refractivity contribution is 5.82. The van der Waals surface area contributed by atoms with Crippen molar-refractivity contribution in [3.05, 3.63) is 0 Å². The Labute approximate surface area is 142 Å². The van der Waals surface area contributed by atoms with Gasteiger partial charge in [0.1, 0.15) is 0 Å². The maximum Gasteiger partial charge on any atom is 0.227 e. The molecule has 0 saturated carbocycles. The van der Waals surface area contributed by atoms with Gasteiger partial charge in [-0.25, -0.2) is 0 Å². The van der Waals surface area contributed by atoms with Crippen LogP contribution in [0.25, 0.3) is 0 Å². The lowest BCUT2D eigenvalue weighted by Crippen LogP contribution is -2.47. The lowest BCUT2D eigenvalue weighted by atomic mass is 9.90. The molecule has 2 amide bonds. The molecule has 1 aliphatic heterocycles. The molecule has 1 saturated heterocycles. The van der Waals surface area contributed by atoms with Gasteiger partial charge in [0.15, 0.2) is 0 Å². The predicted octanol–water partition coefficient (Wildman–Crippen LogP) is 3.60. The summed E-state index contributed by atoms with van der Waals surface area (Å²) in [5.74, 6) is 1.15. The fraction of sp³-hybridized carbons (Fsp3) is 0.895. The van der Waals surface area contributed by atoms with E-state index >= 15 is 0 Å². The van der Waals surface area contributed by atoms with Gasteiger partial charge in [0, 0.05) is 30.5 Å². The lowest BCUT2D eigenvalue weighted by Gasteiger charge is -2.35. The van der Waals surface area contributed by atoms with Crippen LogP contribution >= 0.6 is 0 Å². The normalized spacial score (nSPS) is 18.1. The van der Waals surface area contributed by atoms with Crippen LogP contribution in [0.2, 0.25) is 0 Å². The number of piperidine rings is 1. The molecular formula is C19H36N2O2. The molecule has 134 valence electrons. The van der Waals surface area contributed by atoms with E-state index in [-0.39, 0.29) is 29.2 Å². The zero-order chi connectivity index (χ0) is 17.6. The van der Waals surface area contributed by atoms with Crippen LogP contribution in [0.1, 0.15) is 73.6 Å². The second-order valence-electron chi connectivity index (χ2n) is 8.55. The summed E-state index contributed by atoms with van der Waals surface area (Å²) in [4.78, 5) is 26.5. The van der Waals surface area contributed by atoms with Crippen LogP contribution in [0.5, 0.6) is 0 Å². The molecule has 0 aromatic carbocycles. The topological polar surface area (TPSA) is 49.4 Å². The van der Waals surface area contributed by atoms with Crippen molar-refractivity contribution >= 4 is 11.8 Å². The molecule has 1 N–H and O–H groups in total. The Balaban J connectivity index is 2.33. The van der Waals surface area contributed by atoms with E-state index in [9.17, 15) is 9.59 Å². The van der Waals surface area contributed by atoms with Gasteiger partial charge in [-0.15, -0.1) is 0 Å². The van der Waals surface area contributed by atoms with Crippen LogP contribution in [0, 0.1) is 17.3 Å². The van der Waals surface area contributed by atoms with Gasteiger partial charge >= 0.3 is 0 Å². The fourth-order valence-electron chi connectivity index (χ4n) is 3.08. The van der Waals surface area contributed by atoms with E-state index in [1.807, 2.05) is 25.7 Å². The number of amides is 2. The molecule has 1 fully saturated rings. The number of nitrogens with one attached hydrogen (secondary N) is 1. The minimum atomic E-state index is -0.333. The first-order valence-electron chi connectivity index (χ1n) is 9.21. The van der Waals surface area contributed by atoms with Crippen LogP contribution in [0.3, 0.4) is 0 Å². The first-order chi connectivity index (χ1) is 10.6. The van der Waals surface area contributed by atoms with E-state index in [1.54, 1.807) is 0 Å². The average Bonchev–Trinajstić information content (AvgIpc) is 2.45. The van der Waals surface area contributed by atoms with Crippen LogP contribution in [0.4, 0.5) is 0 Å². The number of likely N-dealkylation sites (tertiary alicyclic amines) is 1. The smallest absolute Gasteiger partial charge is 0.227 e. The average molecular weight is 325 g/mol. The molecule has 1 atom stereocenters. The van der Waals surface area contributed by atoms with E-state index < -0.39 is 0 Å². The molecule has 23 heavy (non-hydrogen) atoms. The maximum atomic E-state index is 12.4. The van der Waals surface area contributed by atoms with Crippen molar-refractivity contribution in [2.24, 2.45) is 17.3 Å². The van der Waals surface area contributed by atoms with Gasteiger partial charge in [-0.3, -0.25) is 9.59 Å². The van der Waals surface area contributed by atoms with Gasteiger partial charge in [-0.2, -0.15) is 0 Å². The highest BCUT2D eigenvalue weighted by Crippen LogP contribution is 2.23. The van der Waals surface area contributed by atoms with Gasteiger partial charge in [-0.05, 0) is 32.1 Å². The summed E-state index contributed by atoms with van der Waals surface area (Å²) in [5, 5.41) is 3.16. The fourth-order valence-corrected chi connectivity index (χ4v) is 3.08. The molecule has 0 aliphatic carbocycles. The molecule has 0 aromatic rings. The van der Waals surface area contributed by atoms with Crippen molar-refractivity contribution in [1.29, 1.82) is 0 Å². The van der Waals surface area contributed by atoms with E-state index in [1.165, 1.54) is 6.42 Å². The maximum absolute atomic E-state index is 12.4. The third-order valence-electron chi connectivity index (χ3n) is 4.60. The molecule has 0 radical (unpaired) electrons. The molecule has 0 bridgehead atoms. The number of hydrogen-bond donors (Lipinski definition) is 1. The molecule has 4 nitrogen and oxygen atoms in total. The first-order valence-corrected chi connectivity index (χ1v) is 9.21. The van der Waals surface area contributed by atoms with Crippen molar-refractivity contribution < 1.29 is 9.59 Å². The van der Waals surface area contributed by atoms with Crippen molar-refractivity contribution in [3.63, 3.8) is 0 Å². The molecule has 4 heteroatoms. The highest BCUT2D eigenvalue weighted by atomic mass is 16.2. The summed E-state index contributed by atoms with van der Waals surface area (Å²) in [5.41, 5.74) is -0.333. The summed E-state index contributed by atoms with van der Waals surface area (Å²) in [6, 6.07) is 0.246. The van der Waals surface area contributed by atoms with Gasteiger partial charge < -0.3 is 10.2 Å². The molecule has 1 unspecified atom stereocenters. The van der Waals surface area contributed by atoms with Crippen molar-refractivity contribution in [2.45, 2.75) is 79.7 Å². The Kier molecular flexibility index (Phi) is 7.56. The van der Waals surface area contributed by atoms with Crippen molar-refractivity contribution in [3.8, 4) is 0 Å². The number of carbonyl (C=O) groups is 2. The third-order valence-corrected chi connectivity index (χ3v) is 4.60. The third kappa shape index (κ3) is 6.92. The minimum absolute atomic E-state index is 0.0616. The van der Waals surface area contributed by atoms with E-state index in [2.05, 4.69) is 26.1 Å². The predicted molar refractivity (Wildman–Crippen MR) is 95.1 cm³/mol. The van der Waals surface area contributed by atoms with E-state index in [4.69, 9.17) is 0 Å². The molecule has 0 aromatic heterocycles. The second kappa shape index (κ2) is 8.70. The molecule has 1 rings (SSSR count). The lowest BCUT2D eigenvalue weighted by molar-refractivity contribution is -0.142. The van der Waals surface area contributed by atoms with Gasteiger partial charge in [0.05, 0.1) is 0 Å². The first kappa shape index (κ1) is 20.0. The largest absolute Gasteiger partial charge is 0.353 e. The second-order valence-corrected chi connectivity index (χ2v) is 8.55. The molecular weight excluding hydrogens is 288 g/mol. The van der Waals surface area contributed by atoms with Gasteiger partial charge in [-0.1, -0.05) is 47.5 Å². The van der Waals surface area contributed by atoms with Crippen LogP contribution in [-0.2, 0) is 9.59 Å². The van der Waals surface area contributed by atoms with Crippen molar-refractivity contribution in [2.75, 3.05) is 13.1 Å².